The van der Waals surface area contributed by atoms with E-state index < -0.39 is 0 Å². The van der Waals surface area contributed by atoms with Crippen LogP contribution in [0.15, 0.2) is 24.5 Å². The van der Waals surface area contributed by atoms with Crippen LogP contribution < -0.4 is 0 Å². The molecular weight excluding hydrogens is 190 g/mol. The summed E-state index contributed by atoms with van der Waals surface area (Å²) in [6, 6.07) is 4.10. The van der Waals surface area contributed by atoms with Crippen LogP contribution in [0.25, 0.3) is 0 Å². The standard InChI is InChI=1S/C11H15N3O/c1-13(2)10-7-14(8-10)11(15)9-4-3-5-12-6-9/h3-6,10H,7-8H2,1-2H3. The molecule has 1 aliphatic rings. The Morgan fingerprint density at radius 1 is 1.53 bits per heavy atom. The minimum Gasteiger partial charge on any atom is -0.335 e. The Bertz CT molecular complexity index is 344. The van der Waals surface area contributed by atoms with Crippen molar-refractivity contribution < 1.29 is 4.79 Å². The molecule has 1 aromatic heterocycles. The highest BCUT2D eigenvalue weighted by Crippen LogP contribution is 2.15. The molecule has 0 N–H and O–H groups in total. The van der Waals surface area contributed by atoms with Crippen LogP contribution in [-0.2, 0) is 0 Å². The van der Waals surface area contributed by atoms with Gasteiger partial charge in [0.15, 0.2) is 0 Å². The first-order chi connectivity index (χ1) is 7.18. The number of amides is 1. The van der Waals surface area contributed by atoms with Crippen LogP contribution >= 0.6 is 0 Å². The molecule has 1 saturated heterocycles. The molecule has 80 valence electrons. The SMILES string of the molecule is CN(C)C1CN(C(=O)c2cccnc2)C1. The van der Waals surface area contributed by atoms with E-state index in [0.717, 1.165) is 13.1 Å². The van der Waals surface area contributed by atoms with E-state index in [2.05, 4.69) is 9.88 Å². The molecule has 4 heteroatoms. The van der Waals surface area contributed by atoms with E-state index in [1.54, 1.807) is 24.5 Å². The summed E-state index contributed by atoms with van der Waals surface area (Å²) in [6.45, 7) is 1.64. The number of likely N-dealkylation sites (N-methyl/N-ethyl adjacent to an activating group) is 1. The lowest BCUT2D eigenvalue weighted by Crippen LogP contribution is -2.59. The van der Waals surface area contributed by atoms with Crippen LogP contribution in [0.5, 0.6) is 0 Å². The maximum atomic E-state index is 11.9. The van der Waals surface area contributed by atoms with Gasteiger partial charge in [0.25, 0.3) is 5.91 Å². The van der Waals surface area contributed by atoms with Gasteiger partial charge < -0.3 is 9.80 Å². The van der Waals surface area contributed by atoms with Crippen molar-refractivity contribution in [1.82, 2.24) is 14.8 Å². The van der Waals surface area contributed by atoms with Gasteiger partial charge in [0.1, 0.15) is 0 Å². The maximum Gasteiger partial charge on any atom is 0.255 e. The van der Waals surface area contributed by atoms with Gasteiger partial charge in [-0.2, -0.15) is 0 Å². The second-order valence-corrected chi connectivity index (χ2v) is 4.07. The summed E-state index contributed by atoms with van der Waals surface area (Å²) in [5, 5.41) is 0. The molecular formula is C11H15N3O. The third-order valence-corrected chi connectivity index (χ3v) is 2.79. The lowest BCUT2D eigenvalue weighted by atomic mass is 10.1. The summed E-state index contributed by atoms with van der Waals surface area (Å²) in [5.74, 6) is 0.0844. The van der Waals surface area contributed by atoms with E-state index in [1.165, 1.54) is 0 Å². The van der Waals surface area contributed by atoms with Crippen LogP contribution in [0.3, 0.4) is 0 Å². The molecule has 0 unspecified atom stereocenters. The molecule has 0 radical (unpaired) electrons. The largest absolute Gasteiger partial charge is 0.335 e. The van der Waals surface area contributed by atoms with E-state index in [4.69, 9.17) is 0 Å². The molecule has 0 bridgehead atoms. The van der Waals surface area contributed by atoms with Crippen molar-refractivity contribution in [1.29, 1.82) is 0 Å². The van der Waals surface area contributed by atoms with E-state index in [-0.39, 0.29) is 5.91 Å². The second-order valence-electron chi connectivity index (χ2n) is 4.07. The summed E-state index contributed by atoms with van der Waals surface area (Å²) < 4.78 is 0. The molecule has 1 amide bonds. The molecule has 0 spiro atoms. The van der Waals surface area contributed by atoms with Gasteiger partial charge in [0.2, 0.25) is 0 Å². The molecule has 0 saturated carbocycles. The highest BCUT2D eigenvalue weighted by Gasteiger charge is 2.32. The van der Waals surface area contributed by atoms with Gasteiger partial charge in [0, 0.05) is 31.5 Å². The van der Waals surface area contributed by atoms with Gasteiger partial charge in [-0.25, -0.2) is 0 Å². The number of nitrogens with zero attached hydrogens (tertiary/aromatic N) is 3. The summed E-state index contributed by atoms with van der Waals surface area (Å²) in [6.07, 6.45) is 3.29. The first-order valence-corrected chi connectivity index (χ1v) is 5.04. The Labute approximate surface area is 89.5 Å². The minimum atomic E-state index is 0.0844. The zero-order valence-electron chi connectivity index (χ0n) is 9.05. The van der Waals surface area contributed by atoms with E-state index in [0.29, 0.717) is 11.6 Å². The van der Waals surface area contributed by atoms with Gasteiger partial charge in [-0.3, -0.25) is 9.78 Å². The second kappa shape index (κ2) is 3.98. The quantitative estimate of drug-likeness (QED) is 0.704. The summed E-state index contributed by atoms with van der Waals surface area (Å²) in [4.78, 5) is 19.8. The maximum absolute atomic E-state index is 11.9. The molecule has 1 aliphatic heterocycles. The highest BCUT2D eigenvalue weighted by molar-refractivity contribution is 5.94. The lowest BCUT2D eigenvalue weighted by Gasteiger charge is -2.42. The fourth-order valence-electron chi connectivity index (χ4n) is 1.62. The zero-order chi connectivity index (χ0) is 10.8. The fourth-order valence-corrected chi connectivity index (χ4v) is 1.62. The van der Waals surface area contributed by atoms with Crippen LogP contribution in [0.1, 0.15) is 10.4 Å². The number of likely N-dealkylation sites (tertiary alicyclic amines) is 1. The molecule has 0 aromatic carbocycles. The molecule has 4 nitrogen and oxygen atoms in total. The Morgan fingerprint density at radius 3 is 2.80 bits per heavy atom. The monoisotopic (exact) mass is 205 g/mol. The lowest BCUT2D eigenvalue weighted by molar-refractivity contribution is 0.0399. The number of carbonyl (C=O) groups is 1. The van der Waals surface area contributed by atoms with Crippen molar-refractivity contribution in [3.05, 3.63) is 30.1 Å². The van der Waals surface area contributed by atoms with E-state index >= 15 is 0 Å². The fraction of sp³-hybridized carbons (Fsp3) is 0.455. The van der Waals surface area contributed by atoms with E-state index in [1.807, 2.05) is 19.0 Å². The van der Waals surface area contributed by atoms with Crippen molar-refractivity contribution in [2.45, 2.75) is 6.04 Å². The topological polar surface area (TPSA) is 36.4 Å². The van der Waals surface area contributed by atoms with Crippen LogP contribution in [0.2, 0.25) is 0 Å². The number of hydrogen-bond donors (Lipinski definition) is 0. The van der Waals surface area contributed by atoms with Gasteiger partial charge >= 0.3 is 0 Å². The van der Waals surface area contributed by atoms with Gasteiger partial charge in [-0.1, -0.05) is 0 Å². The molecule has 0 atom stereocenters. The van der Waals surface area contributed by atoms with Crippen molar-refractivity contribution in [2.24, 2.45) is 0 Å². The van der Waals surface area contributed by atoms with Crippen LogP contribution in [0, 0.1) is 0 Å². The average Bonchev–Trinajstić information content (AvgIpc) is 2.16. The first kappa shape index (κ1) is 10.1. The number of hydrogen-bond acceptors (Lipinski definition) is 3. The molecule has 0 aliphatic carbocycles. The van der Waals surface area contributed by atoms with Gasteiger partial charge in [-0.05, 0) is 26.2 Å². The van der Waals surface area contributed by atoms with Gasteiger partial charge in [-0.15, -0.1) is 0 Å². The predicted octanol–water partition coefficient (Wildman–Crippen LogP) is 0.468. The summed E-state index contributed by atoms with van der Waals surface area (Å²) >= 11 is 0. The Kier molecular flexibility index (Phi) is 2.68. The van der Waals surface area contributed by atoms with E-state index in [9.17, 15) is 4.79 Å². The van der Waals surface area contributed by atoms with Crippen LogP contribution in [0.4, 0.5) is 0 Å². The third kappa shape index (κ3) is 1.99. The average molecular weight is 205 g/mol. The molecule has 2 heterocycles. The number of rotatable bonds is 2. The number of pyridine rings is 1. The molecule has 1 aromatic rings. The summed E-state index contributed by atoms with van der Waals surface area (Å²) in [7, 11) is 4.08. The Balaban J connectivity index is 1.95. The summed E-state index contributed by atoms with van der Waals surface area (Å²) in [5.41, 5.74) is 0.676. The number of carbonyl (C=O) groups excluding carboxylic acids is 1. The minimum absolute atomic E-state index is 0.0844. The molecule has 1 fully saturated rings. The van der Waals surface area contributed by atoms with Crippen molar-refractivity contribution >= 4 is 5.91 Å². The third-order valence-electron chi connectivity index (χ3n) is 2.79. The highest BCUT2D eigenvalue weighted by atomic mass is 16.2. The molecule has 2 rings (SSSR count). The van der Waals surface area contributed by atoms with Crippen molar-refractivity contribution in [3.63, 3.8) is 0 Å². The Hall–Kier alpha value is -1.42. The van der Waals surface area contributed by atoms with Gasteiger partial charge in [0.05, 0.1) is 5.56 Å². The van der Waals surface area contributed by atoms with Crippen molar-refractivity contribution in [2.75, 3.05) is 27.2 Å². The Morgan fingerprint density at radius 2 is 2.27 bits per heavy atom. The normalized spacial score (nSPS) is 16.6. The van der Waals surface area contributed by atoms with Crippen LogP contribution in [-0.4, -0.2) is 53.9 Å². The zero-order valence-corrected chi connectivity index (χ0v) is 9.05. The smallest absolute Gasteiger partial charge is 0.255 e. The predicted molar refractivity (Wildman–Crippen MR) is 57.6 cm³/mol. The first-order valence-electron chi connectivity index (χ1n) is 5.04. The van der Waals surface area contributed by atoms with Crippen molar-refractivity contribution in [3.8, 4) is 0 Å². The number of aromatic nitrogens is 1. The molecule has 15 heavy (non-hydrogen) atoms.